The maximum Gasteiger partial charge on any atom is 0.256 e. The van der Waals surface area contributed by atoms with Crippen LogP contribution in [0.5, 0.6) is 0 Å². The van der Waals surface area contributed by atoms with Crippen molar-refractivity contribution < 1.29 is 4.79 Å². The van der Waals surface area contributed by atoms with Gasteiger partial charge in [-0.1, -0.05) is 18.2 Å². The molecule has 0 saturated carbocycles. The van der Waals surface area contributed by atoms with E-state index < -0.39 is 0 Å². The van der Waals surface area contributed by atoms with Crippen LogP contribution in [-0.2, 0) is 0 Å². The van der Waals surface area contributed by atoms with Gasteiger partial charge in [0.15, 0.2) is 0 Å². The lowest BCUT2D eigenvalue weighted by Gasteiger charge is -2.04. The van der Waals surface area contributed by atoms with E-state index in [1.54, 1.807) is 17.5 Å². The average molecular weight is 380 g/mol. The number of hydrogen-bond acceptors (Lipinski definition) is 3. The van der Waals surface area contributed by atoms with Gasteiger partial charge in [0.2, 0.25) is 0 Å². The average Bonchev–Trinajstić information content (AvgIpc) is 2.85. The minimum Gasteiger partial charge on any atom is -0.321 e. The van der Waals surface area contributed by atoms with Gasteiger partial charge in [0.05, 0.1) is 25.8 Å². The van der Waals surface area contributed by atoms with Crippen LogP contribution in [0, 0.1) is 2.88 Å². The molecule has 0 bridgehead atoms. The van der Waals surface area contributed by atoms with Crippen molar-refractivity contribution in [3.05, 3.63) is 56.4 Å². The van der Waals surface area contributed by atoms with Gasteiger partial charge in [0, 0.05) is 10.8 Å². The van der Waals surface area contributed by atoms with E-state index in [1.807, 2.05) is 41.8 Å². The molecule has 3 nitrogen and oxygen atoms in total. The molecule has 1 aromatic carbocycles. The van der Waals surface area contributed by atoms with E-state index in [9.17, 15) is 4.79 Å². The number of para-hydroxylation sites is 1. The monoisotopic (exact) mass is 380 g/mol. The highest BCUT2D eigenvalue weighted by atomic mass is 127. The van der Waals surface area contributed by atoms with E-state index in [4.69, 9.17) is 0 Å². The van der Waals surface area contributed by atoms with E-state index in [1.165, 1.54) is 0 Å². The number of thiophene rings is 1. The summed E-state index contributed by atoms with van der Waals surface area (Å²) in [6.07, 6.45) is 1.68. The Bertz CT molecular complexity index is 754. The lowest BCUT2D eigenvalue weighted by molar-refractivity contribution is 0.102. The number of rotatable bonds is 2. The fraction of sp³-hybridized carbons (Fsp3) is 0. The number of carbonyl (C=O) groups excluding carboxylic acids is 1. The Morgan fingerprint density at radius 2 is 2.11 bits per heavy atom. The largest absolute Gasteiger partial charge is 0.321 e. The SMILES string of the molecule is O=C(Nc1cnc2ccccc2c1)c1csc(I)c1. The topological polar surface area (TPSA) is 42.0 Å². The van der Waals surface area contributed by atoms with E-state index in [0.29, 0.717) is 11.3 Å². The second-order valence-corrected chi connectivity index (χ2v) is 6.82. The summed E-state index contributed by atoms with van der Waals surface area (Å²) >= 11 is 3.76. The van der Waals surface area contributed by atoms with E-state index in [2.05, 4.69) is 32.9 Å². The zero-order valence-corrected chi connectivity index (χ0v) is 12.7. The van der Waals surface area contributed by atoms with Crippen LogP contribution in [0.2, 0.25) is 0 Å². The maximum absolute atomic E-state index is 12.0. The van der Waals surface area contributed by atoms with Gasteiger partial charge in [-0.05, 0) is 40.8 Å². The first-order valence-corrected chi connectivity index (χ1v) is 7.58. The molecule has 0 aliphatic rings. The molecule has 3 aromatic rings. The van der Waals surface area contributed by atoms with Crippen LogP contribution in [0.3, 0.4) is 0 Å². The molecule has 3 rings (SSSR count). The Morgan fingerprint density at radius 1 is 1.26 bits per heavy atom. The second-order valence-electron chi connectivity index (χ2n) is 4.01. The van der Waals surface area contributed by atoms with Gasteiger partial charge in [-0.25, -0.2) is 0 Å². The van der Waals surface area contributed by atoms with Gasteiger partial charge < -0.3 is 5.32 Å². The first-order chi connectivity index (χ1) is 9.22. The second kappa shape index (κ2) is 5.26. The lowest BCUT2D eigenvalue weighted by atomic mass is 10.2. The Labute approximate surface area is 127 Å². The molecule has 5 heteroatoms. The summed E-state index contributed by atoms with van der Waals surface area (Å²) in [5, 5.41) is 5.73. The number of anilines is 1. The molecule has 2 aromatic heterocycles. The standard InChI is InChI=1S/C14H9IN2OS/c15-13-6-10(8-19-13)14(18)17-11-5-9-3-1-2-4-12(9)16-7-11/h1-8H,(H,17,18). The number of halogens is 1. The van der Waals surface area contributed by atoms with Crippen molar-refractivity contribution in [3.8, 4) is 0 Å². The number of amides is 1. The smallest absolute Gasteiger partial charge is 0.256 e. The molecule has 0 unspecified atom stereocenters. The Morgan fingerprint density at radius 3 is 2.89 bits per heavy atom. The van der Waals surface area contributed by atoms with Gasteiger partial charge in [0.1, 0.15) is 0 Å². The zero-order valence-electron chi connectivity index (χ0n) is 9.76. The summed E-state index contributed by atoms with van der Waals surface area (Å²) in [4.78, 5) is 16.3. The van der Waals surface area contributed by atoms with E-state index in [0.717, 1.165) is 13.8 Å². The first-order valence-electron chi connectivity index (χ1n) is 5.62. The number of fused-ring (bicyclic) bond motifs is 1. The molecule has 0 radical (unpaired) electrons. The summed E-state index contributed by atoms with van der Waals surface area (Å²) in [6, 6.07) is 11.6. The van der Waals surface area contributed by atoms with Crippen LogP contribution < -0.4 is 5.32 Å². The number of pyridine rings is 1. The predicted molar refractivity (Wildman–Crippen MR) is 86.7 cm³/mol. The van der Waals surface area contributed by atoms with Crippen LogP contribution >= 0.6 is 33.9 Å². The van der Waals surface area contributed by atoms with Gasteiger partial charge >= 0.3 is 0 Å². The summed E-state index contributed by atoms with van der Waals surface area (Å²) < 4.78 is 1.10. The highest BCUT2D eigenvalue weighted by Gasteiger charge is 2.08. The van der Waals surface area contributed by atoms with Crippen molar-refractivity contribution in [1.82, 2.24) is 4.98 Å². The third kappa shape index (κ3) is 2.76. The summed E-state index contributed by atoms with van der Waals surface area (Å²) in [5.74, 6) is -0.101. The molecular formula is C14H9IN2OS. The van der Waals surface area contributed by atoms with Gasteiger partial charge in [0.25, 0.3) is 5.91 Å². The lowest BCUT2D eigenvalue weighted by Crippen LogP contribution is -2.10. The predicted octanol–water partition coefficient (Wildman–Crippen LogP) is 4.15. The van der Waals surface area contributed by atoms with Gasteiger partial charge in [-0.3, -0.25) is 9.78 Å². The summed E-state index contributed by atoms with van der Waals surface area (Å²) in [5.41, 5.74) is 2.32. The minimum absolute atomic E-state index is 0.101. The van der Waals surface area contributed by atoms with Crippen molar-refractivity contribution in [2.75, 3.05) is 5.32 Å². The van der Waals surface area contributed by atoms with Crippen molar-refractivity contribution in [1.29, 1.82) is 0 Å². The minimum atomic E-state index is -0.101. The Hall–Kier alpha value is -1.47. The van der Waals surface area contributed by atoms with Gasteiger partial charge in [-0.2, -0.15) is 0 Å². The number of aromatic nitrogens is 1. The maximum atomic E-state index is 12.0. The molecule has 1 N–H and O–H groups in total. The van der Waals surface area contributed by atoms with E-state index >= 15 is 0 Å². The molecule has 2 heterocycles. The van der Waals surface area contributed by atoms with Crippen molar-refractivity contribution in [2.24, 2.45) is 0 Å². The molecule has 1 amide bonds. The van der Waals surface area contributed by atoms with Crippen molar-refractivity contribution in [3.63, 3.8) is 0 Å². The van der Waals surface area contributed by atoms with Crippen molar-refractivity contribution in [2.45, 2.75) is 0 Å². The van der Waals surface area contributed by atoms with E-state index in [-0.39, 0.29) is 5.91 Å². The van der Waals surface area contributed by atoms with Crippen LogP contribution in [0.1, 0.15) is 10.4 Å². The van der Waals surface area contributed by atoms with Crippen LogP contribution in [0.4, 0.5) is 5.69 Å². The third-order valence-corrected chi connectivity index (χ3v) is 4.47. The molecule has 0 aliphatic heterocycles. The summed E-state index contributed by atoms with van der Waals surface area (Å²) in [6.45, 7) is 0. The molecule has 0 fully saturated rings. The molecular weight excluding hydrogens is 371 g/mol. The number of nitrogens with zero attached hydrogens (tertiary/aromatic N) is 1. The zero-order chi connectivity index (χ0) is 13.2. The number of benzene rings is 1. The fourth-order valence-electron chi connectivity index (χ4n) is 1.77. The Balaban J connectivity index is 1.87. The molecule has 94 valence electrons. The van der Waals surface area contributed by atoms with Crippen LogP contribution in [0.15, 0.2) is 48.0 Å². The molecule has 0 saturated heterocycles. The Kier molecular flexibility index (Phi) is 3.48. The van der Waals surface area contributed by atoms with Gasteiger partial charge in [-0.15, -0.1) is 11.3 Å². The van der Waals surface area contributed by atoms with Crippen molar-refractivity contribution >= 4 is 56.4 Å². The van der Waals surface area contributed by atoms with Crippen LogP contribution in [-0.4, -0.2) is 10.9 Å². The molecule has 19 heavy (non-hydrogen) atoms. The highest BCUT2D eigenvalue weighted by Crippen LogP contribution is 2.19. The quantitative estimate of drug-likeness (QED) is 0.679. The molecule has 0 aliphatic carbocycles. The number of nitrogens with one attached hydrogen (secondary N) is 1. The number of carbonyl (C=O) groups is 1. The fourth-order valence-corrected chi connectivity index (χ4v) is 3.10. The first kappa shape index (κ1) is 12.6. The normalized spacial score (nSPS) is 10.6. The third-order valence-electron chi connectivity index (χ3n) is 2.68. The van der Waals surface area contributed by atoms with Crippen LogP contribution in [0.25, 0.3) is 10.9 Å². The summed E-state index contributed by atoms with van der Waals surface area (Å²) in [7, 11) is 0. The number of hydrogen-bond donors (Lipinski definition) is 1. The molecule has 0 atom stereocenters. The molecule has 0 spiro atoms. The highest BCUT2D eigenvalue weighted by molar-refractivity contribution is 14.1.